The van der Waals surface area contributed by atoms with Gasteiger partial charge in [-0.2, -0.15) is 0 Å². The van der Waals surface area contributed by atoms with Crippen molar-refractivity contribution < 1.29 is 4.74 Å². The lowest BCUT2D eigenvalue weighted by atomic mass is 9.95. The summed E-state index contributed by atoms with van der Waals surface area (Å²) in [5.41, 5.74) is 10.8. The third-order valence-electron chi connectivity index (χ3n) is 5.69. The van der Waals surface area contributed by atoms with E-state index in [4.69, 9.17) is 10.5 Å². The number of H-pyrrole nitrogens is 1. The number of aromatic nitrogens is 2. The monoisotopic (exact) mass is 383 g/mol. The molecule has 0 unspecified atom stereocenters. The summed E-state index contributed by atoms with van der Waals surface area (Å²) in [6, 6.07) is 6.41. The van der Waals surface area contributed by atoms with E-state index in [-0.39, 0.29) is 11.7 Å². The summed E-state index contributed by atoms with van der Waals surface area (Å²) < 4.78 is 7.61. The van der Waals surface area contributed by atoms with Gasteiger partial charge < -0.3 is 26.1 Å². The third-order valence-corrected chi connectivity index (χ3v) is 5.69. The van der Waals surface area contributed by atoms with Gasteiger partial charge >= 0.3 is 5.69 Å². The number of allylic oxidation sites excluding steroid dienone is 4. The van der Waals surface area contributed by atoms with Gasteiger partial charge in [0.05, 0.1) is 18.1 Å². The van der Waals surface area contributed by atoms with E-state index in [0.29, 0.717) is 6.54 Å². The Balaban J connectivity index is 1.76. The van der Waals surface area contributed by atoms with E-state index in [1.54, 1.807) is 7.11 Å². The van der Waals surface area contributed by atoms with Crippen LogP contribution >= 0.6 is 0 Å². The maximum Gasteiger partial charge on any atom is 0.326 e. The molecule has 150 valence electrons. The van der Waals surface area contributed by atoms with Gasteiger partial charge in [-0.1, -0.05) is 6.07 Å². The first kappa shape index (κ1) is 18.8. The van der Waals surface area contributed by atoms with E-state index < -0.39 is 0 Å². The van der Waals surface area contributed by atoms with Crippen LogP contribution in [-0.2, 0) is 4.74 Å². The fourth-order valence-corrected chi connectivity index (χ4v) is 4.25. The van der Waals surface area contributed by atoms with E-state index in [1.165, 1.54) is 5.70 Å². The smallest absolute Gasteiger partial charge is 0.326 e. The number of piperidine rings is 1. The zero-order chi connectivity index (χ0) is 19.5. The van der Waals surface area contributed by atoms with Gasteiger partial charge in [0.15, 0.2) is 0 Å². The number of rotatable bonds is 6. The second kappa shape index (κ2) is 8.24. The summed E-state index contributed by atoms with van der Waals surface area (Å²) in [7, 11) is 1.72. The van der Waals surface area contributed by atoms with Gasteiger partial charge in [-0.3, -0.25) is 4.57 Å². The summed E-state index contributed by atoms with van der Waals surface area (Å²) in [4.78, 5) is 15.6. The Bertz CT molecular complexity index is 963. The number of hydrogen-bond acceptors (Lipinski definition) is 5. The molecule has 1 saturated heterocycles. The summed E-state index contributed by atoms with van der Waals surface area (Å²) in [5.74, 6) is 0.976. The van der Waals surface area contributed by atoms with Crippen molar-refractivity contribution in [1.29, 1.82) is 0 Å². The molecule has 28 heavy (non-hydrogen) atoms. The number of imidazole rings is 1. The summed E-state index contributed by atoms with van der Waals surface area (Å²) >= 11 is 0. The van der Waals surface area contributed by atoms with Crippen molar-refractivity contribution in [1.82, 2.24) is 20.2 Å². The maximum absolute atomic E-state index is 12.6. The third kappa shape index (κ3) is 3.59. The number of nitrogens with two attached hydrogens (primary N) is 1. The predicted octanol–water partition coefficient (Wildman–Crippen LogP) is 1.84. The molecule has 0 amide bonds. The first-order chi connectivity index (χ1) is 13.7. The van der Waals surface area contributed by atoms with E-state index in [0.717, 1.165) is 73.2 Å². The van der Waals surface area contributed by atoms with Crippen LogP contribution in [0.3, 0.4) is 0 Å². The zero-order valence-electron chi connectivity index (χ0n) is 16.4. The van der Waals surface area contributed by atoms with Gasteiger partial charge in [-0.05, 0) is 56.1 Å². The quantitative estimate of drug-likeness (QED) is 0.610. The molecule has 2 aliphatic rings. The first-order valence-electron chi connectivity index (χ1n) is 10.1. The number of fused-ring (bicyclic) bond motifs is 1. The van der Waals surface area contributed by atoms with Crippen LogP contribution in [0.5, 0.6) is 0 Å². The number of hydrogen-bond donors (Lipinski definition) is 4. The molecule has 5 N–H and O–H groups in total. The average molecular weight is 383 g/mol. The molecular weight excluding hydrogens is 354 g/mol. The second-order valence-corrected chi connectivity index (χ2v) is 7.44. The molecule has 2 heterocycles. The zero-order valence-corrected chi connectivity index (χ0v) is 16.4. The Labute approximate surface area is 164 Å². The lowest BCUT2D eigenvalue weighted by Gasteiger charge is -2.24. The predicted molar refractivity (Wildman–Crippen MR) is 112 cm³/mol. The van der Waals surface area contributed by atoms with Crippen molar-refractivity contribution in [3.05, 3.63) is 51.8 Å². The molecule has 0 radical (unpaired) electrons. The van der Waals surface area contributed by atoms with E-state index in [2.05, 4.69) is 33.8 Å². The van der Waals surface area contributed by atoms with Gasteiger partial charge in [0.1, 0.15) is 5.76 Å². The number of nitrogens with one attached hydrogen (secondary N) is 3. The van der Waals surface area contributed by atoms with E-state index >= 15 is 0 Å². The van der Waals surface area contributed by atoms with Crippen LogP contribution in [0, 0.1) is 0 Å². The Kier molecular flexibility index (Phi) is 5.54. The van der Waals surface area contributed by atoms with Crippen molar-refractivity contribution in [2.75, 3.05) is 33.3 Å². The van der Waals surface area contributed by atoms with Gasteiger partial charge in [0, 0.05) is 36.8 Å². The molecule has 1 aromatic carbocycles. The standard InChI is InChI=1S/C21H29N5O2/c1-28-20-5-3-15(24-11-8-22)13-17(20)14-2-4-18-19(12-14)26(21(27)25-18)16-6-9-23-10-7-16/h2,4,12-13,16,23-24H,3,5-11,22H2,1H3,(H,25,27). The topological polar surface area (TPSA) is 97.1 Å². The van der Waals surface area contributed by atoms with E-state index in [9.17, 15) is 4.79 Å². The van der Waals surface area contributed by atoms with Gasteiger partial charge in [-0.25, -0.2) is 4.79 Å². The largest absolute Gasteiger partial charge is 0.500 e. The summed E-state index contributed by atoms with van der Waals surface area (Å²) in [5, 5.41) is 6.77. The van der Waals surface area contributed by atoms with Gasteiger partial charge in [0.25, 0.3) is 0 Å². The van der Waals surface area contributed by atoms with Crippen LogP contribution in [0.15, 0.2) is 40.5 Å². The molecule has 2 aromatic rings. The molecule has 0 bridgehead atoms. The Hall–Kier alpha value is -2.51. The van der Waals surface area contributed by atoms with E-state index in [1.807, 2.05) is 10.6 Å². The number of benzene rings is 1. The highest BCUT2D eigenvalue weighted by molar-refractivity contribution is 5.85. The lowest BCUT2D eigenvalue weighted by Crippen LogP contribution is -2.33. The van der Waals surface area contributed by atoms with Gasteiger partial charge in [-0.15, -0.1) is 0 Å². The molecule has 0 saturated carbocycles. The van der Waals surface area contributed by atoms with Crippen LogP contribution in [0.2, 0.25) is 0 Å². The highest BCUT2D eigenvalue weighted by Crippen LogP contribution is 2.32. The molecule has 1 aromatic heterocycles. The SMILES string of the molecule is COC1=C(c2ccc3[nH]c(=O)n(C4CCNCC4)c3c2)C=C(NCCN)CC1. The normalized spacial score (nSPS) is 18.4. The van der Waals surface area contributed by atoms with Crippen LogP contribution in [0.4, 0.5) is 0 Å². The molecular formula is C21H29N5O2. The summed E-state index contributed by atoms with van der Waals surface area (Å²) in [6.07, 6.45) is 5.85. The molecule has 7 nitrogen and oxygen atoms in total. The number of aromatic amines is 1. The van der Waals surface area contributed by atoms with Crippen LogP contribution < -0.4 is 22.1 Å². The molecule has 1 fully saturated rings. The molecule has 1 aliphatic heterocycles. The highest BCUT2D eigenvalue weighted by Gasteiger charge is 2.21. The number of ether oxygens (including phenoxy) is 1. The highest BCUT2D eigenvalue weighted by atomic mass is 16.5. The van der Waals surface area contributed by atoms with Crippen molar-refractivity contribution in [3.8, 4) is 0 Å². The minimum Gasteiger partial charge on any atom is -0.500 e. The van der Waals surface area contributed by atoms with Crippen molar-refractivity contribution in [3.63, 3.8) is 0 Å². The fourth-order valence-electron chi connectivity index (χ4n) is 4.25. The second-order valence-electron chi connectivity index (χ2n) is 7.44. The number of methoxy groups -OCH3 is 1. The molecule has 4 rings (SSSR count). The fraction of sp³-hybridized carbons (Fsp3) is 0.476. The lowest BCUT2D eigenvalue weighted by molar-refractivity contribution is 0.277. The molecule has 0 spiro atoms. The Morgan fingerprint density at radius 2 is 2.11 bits per heavy atom. The van der Waals surface area contributed by atoms with Crippen molar-refractivity contribution in [2.24, 2.45) is 5.73 Å². The van der Waals surface area contributed by atoms with Crippen molar-refractivity contribution >= 4 is 16.6 Å². The molecule has 7 heteroatoms. The number of nitrogens with zero attached hydrogens (tertiary/aromatic N) is 1. The average Bonchev–Trinajstić information content (AvgIpc) is 3.07. The summed E-state index contributed by atoms with van der Waals surface area (Å²) in [6.45, 7) is 3.25. The van der Waals surface area contributed by atoms with Gasteiger partial charge in [0.2, 0.25) is 0 Å². The van der Waals surface area contributed by atoms with Crippen molar-refractivity contribution in [2.45, 2.75) is 31.7 Å². The van der Waals surface area contributed by atoms with Crippen LogP contribution in [-0.4, -0.2) is 42.8 Å². The minimum absolute atomic E-state index is 0.0236. The Morgan fingerprint density at radius 3 is 2.86 bits per heavy atom. The van der Waals surface area contributed by atoms with Crippen LogP contribution in [0.1, 0.15) is 37.3 Å². The first-order valence-corrected chi connectivity index (χ1v) is 10.1. The maximum atomic E-state index is 12.6. The molecule has 0 atom stereocenters. The van der Waals surface area contributed by atoms with Crippen LogP contribution in [0.25, 0.3) is 16.6 Å². The Morgan fingerprint density at radius 1 is 1.29 bits per heavy atom. The molecule has 1 aliphatic carbocycles. The minimum atomic E-state index is -0.0236.